The molecule has 1 rings (SSSR count). The summed E-state index contributed by atoms with van der Waals surface area (Å²) in [6.07, 6.45) is 0. The summed E-state index contributed by atoms with van der Waals surface area (Å²) in [6.45, 7) is 3.46. The van der Waals surface area contributed by atoms with Gasteiger partial charge < -0.3 is 19.6 Å². The van der Waals surface area contributed by atoms with Gasteiger partial charge in [0.05, 0.1) is 5.69 Å². The second-order valence-electron chi connectivity index (χ2n) is 3.95. The van der Waals surface area contributed by atoms with Crippen molar-refractivity contribution in [3.05, 3.63) is 23.4 Å². The number of nitrogens with one attached hydrogen (secondary N) is 2. The van der Waals surface area contributed by atoms with Crippen LogP contribution in [0.1, 0.15) is 11.3 Å². The van der Waals surface area contributed by atoms with Gasteiger partial charge in [-0.15, -0.1) is 0 Å². The molecule has 0 aliphatic rings. The highest BCUT2D eigenvalue weighted by atomic mass is 31.2. The maximum atomic E-state index is 11.1. The average Bonchev–Trinajstić information content (AvgIpc) is 2.08. The van der Waals surface area contributed by atoms with E-state index in [4.69, 9.17) is 19.6 Å². The third kappa shape index (κ3) is 4.17. The monoisotopic (exact) mass is 297 g/mol. The summed E-state index contributed by atoms with van der Waals surface area (Å²) in [5.74, 6) is 0.129. The van der Waals surface area contributed by atoms with E-state index in [0.717, 1.165) is 5.56 Å². The summed E-state index contributed by atoms with van der Waals surface area (Å²) < 4.78 is 22.2. The highest BCUT2D eigenvalue weighted by Crippen LogP contribution is 2.59. The molecule has 0 bridgehead atoms. The van der Waals surface area contributed by atoms with Crippen LogP contribution in [-0.4, -0.2) is 25.1 Å². The maximum absolute atomic E-state index is 11.1. The highest BCUT2D eigenvalue weighted by Gasteiger charge is 2.47. The van der Waals surface area contributed by atoms with Gasteiger partial charge in [0.1, 0.15) is 0 Å². The van der Waals surface area contributed by atoms with Crippen molar-refractivity contribution in [2.24, 2.45) is 0 Å². The van der Waals surface area contributed by atoms with Gasteiger partial charge in [-0.2, -0.15) is 0 Å². The molecule has 0 radical (unpaired) electrons. The number of aromatic nitrogens is 1. The van der Waals surface area contributed by atoms with E-state index in [1.807, 2.05) is 0 Å². The van der Waals surface area contributed by atoms with E-state index in [2.05, 4.69) is 10.3 Å². The number of hydrogen-bond acceptors (Lipinski definition) is 3. The molecule has 6 N–H and O–H groups in total. The van der Waals surface area contributed by atoms with E-state index in [1.54, 1.807) is 19.9 Å². The number of aryl methyl sites for hydroxylation is 2. The summed E-state index contributed by atoms with van der Waals surface area (Å²) >= 11 is 0. The minimum absolute atomic E-state index is 0.129. The summed E-state index contributed by atoms with van der Waals surface area (Å²) in [5, 5.41) is 2.16. The molecule has 102 valence electrons. The second-order valence-corrected chi connectivity index (χ2v) is 7.75. The Labute approximate surface area is 103 Å². The number of aromatic amines is 1. The summed E-state index contributed by atoms with van der Waals surface area (Å²) in [7, 11) is -9.97. The first-order valence-corrected chi connectivity index (χ1v) is 8.24. The quantitative estimate of drug-likeness (QED) is 0.499. The summed E-state index contributed by atoms with van der Waals surface area (Å²) in [6, 6.07) is 3.26. The molecule has 0 unspecified atom stereocenters. The van der Waals surface area contributed by atoms with Crippen LogP contribution in [0.15, 0.2) is 12.1 Å². The number of H-pyrrole nitrogens is 1. The summed E-state index contributed by atoms with van der Waals surface area (Å²) in [4.78, 5) is 38.5. The molecule has 0 spiro atoms. The molecule has 0 amide bonds. The minimum atomic E-state index is -4.99. The predicted octanol–water partition coefficient (Wildman–Crippen LogP) is 0.168. The molecule has 0 aliphatic heterocycles. The maximum Gasteiger partial charge on any atom is 0.382 e. The first-order valence-electron chi connectivity index (χ1n) is 4.87. The van der Waals surface area contributed by atoms with Crippen molar-refractivity contribution >= 4 is 21.0 Å². The van der Waals surface area contributed by atoms with Gasteiger partial charge in [-0.3, -0.25) is 9.13 Å². The lowest BCUT2D eigenvalue weighted by Crippen LogP contribution is -2.25. The Bertz CT molecular complexity index is 494. The minimum Gasteiger partial charge on any atom is -0.321 e. The van der Waals surface area contributed by atoms with Crippen molar-refractivity contribution in [2.75, 3.05) is 5.32 Å². The average molecular weight is 297 g/mol. The molecule has 0 aliphatic carbocycles. The van der Waals surface area contributed by atoms with Crippen LogP contribution in [0, 0.1) is 13.8 Å². The van der Waals surface area contributed by atoms with Gasteiger partial charge in [0, 0.05) is 6.07 Å². The molecule has 0 saturated heterocycles. The van der Waals surface area contributed by atoms with Crippen LogP contribution in [0.5, 0.6) is 0 Å². The Hall–Kier alpha value is -0.750. The Morgan fingerprint density at radius 1 is 1.11 bits per heavy atom. The van der Waals surface area contributed by atoms with E-state index in [0.29, 0.717) is 5.69 Å². The fourth-order valence-electron chi connectivity index (χ4n) is 1.48. The highest BCUT2D eigenvalue weighted by molar-refractivity contribution is 7.71. The van der Waals surface area contributed by atoms with Crippen LogP contribution < -0.4 is 10.3 Å². The number of rotatable bonds is 4. The van der Waals surface area contributed by atoms with Crippen LogP contribution in [0.25, 0.3) is 0 Å². The molecule has 0 atom stereocenters. The van der Waals surface area contributed by atoms with Crippen LogP contribution in [-0.2, 0) is 9.13 Å². The van der Waals surface area contributed by atoms with Crippen LogP contribution in [0.3, 0.4) is 0 Å². The van der Waals surface area contributed by atoms with E-state index < -0.39 is 20.7 Å². The van der Waals surface area contributed by atoms with Crippen molar-refractivity contribution in [1.82, 2.24) is 0 Å². The van der Waals surface area contributed by atoms with E-state index in [9.17, 15) is 9.13 Å². The van der Waals surface area contributed by atoms with Crippen molar-refractivity contribution in [2.45, 2.75) is 19.4 Å². The molecule has 1 aromatic heterocycles. The summed E-state index contributed by atoms with van der Waals surface area (Å²) in [5.41, 5.74) is -0.793. The zero-order valence-electron chi connectivity index (χ0n) is 9.73. The van der Waals surface area contributed by atoms with Gasteiger partial charge in [0.25, 0.3) is 11.3 Å². The van der Waals surface area contributed by atoms with Crippen molar-refractivity contribution < 1.29 is 33.7 Å². The van der Waals surface area contributed by atoms with Crippen molar-refractivity contribution in [1.29, 1.82) is 0 Å². The molecule has 0 fully saturated rings. The van der Waals surface area contributed by atoms with Crippen LogP contribution in [0.2, 0.25) is 0 Å². The molecule has 0 saturated carbocycles. The zero-order valence-corrected chi connectivity index (χ0v) is 11.5. The van der Waals surface area contributed by atoms with Gasteiger partial charge >= 0.3 is 15.2 Å². The van der Waals surface area contributed by atoms with Crippen LogP contribution in [0.4, 0.5) is 5.82 Å². The Morgan fingerprint density at radius 2 is 1.61 bits per heavy atom. The van der Waals surface area contributed by atoms with Crippen molar-refractivity contribution in [3.8, 4) is 0 Å². The molecule has 0 aromatic carbocycles. The third-order valence-corrected chi connectivity index (χ3v) is 5.41. The molecule has 10 heteroatoms. The SMILES string of the molecule is Cc1cc(C)[nH+]c(NC(P(=O)(O)O)P(=O)(O)O)c1. The fraction of sp³-hybridized carbons (Fsp3) is 0.375. The fourth-order valence-corrected chi connectivity index (χ4v) is 3.66. The number of pyridine rings is 1. The Morgan fingerprint density at radius 3 is 2.00 bits per heavy atom. The van der Waals surface area contributed by atoms with Gasteiger partial charge in [0.2, 0.25) is 0 Å². The first-order chi connectivity index (χ1) is 8.00. The molecule has 8 nitrogen and oxygen atoms in total. The van der Waals surface area contributed by atoms with Crippen molar-refractivity contribution in [3.63, 3.8) is 0 Å². The topological polar surface area (TPSA) is 141 Å². The molecular weight excluding hydrogens is 282 g/mol. The van der Waals surface area contributed by atoms with Crippen LogP contribution >= 0.6 is 15.2 Å². The lowest BCUT2D eigenvalue weighted by atomic mass is 10.2. The normalized spacial score (nSPS) is 12.8. The lowest BCUT2D eigenvalue weighted by Gasteiger charge is -2.16. The van der Waals surface area contributed by atoms with E-state index in [1.165, 1.54) is 6.07 Å². The van der Waals surface area contributed by atoms with Gasteiger partial charge in [-0.05, 0) is 25.5 Å². The predicted molar refractivity (Wildman–Crippen MR) is 64.0 cm³/mol. The zero-order chi connectivity index (χ0) is 14.1. The lowest BCUT2D eigenvalue weighted by molar-refractivity contribution is -0.371. The smallest absolute Gasteiger partial charge is 0.321 e. The largest absolute Gasteiger partial charge is 0.382 e. The molecular formula is C8H15N2O6P2+. The molecule has 18 heavy (non-hydrogen) atoms. The van der Waals surface area contributed by atoms with Gasteiger partial charge in [-0.25, -0.2) is 10.3 Å². The standard InChI is InChI=1S/C8H14N2O6P2/c1-5-3-6(2)9-7(4-5)10-8(17(11,12)13)18(14,15)16/h3-4,8H,1-2H3,(H,9,10)(H2,11,12,13)(H2,14,15,16)/p+1. The molecule has 1 aromatic rings. The number of hydrogen-bond donors (Lipinski definition) is 5. The third-order valence-electron chi connectivity index (χ3n) is 2.07. The second kappa shape index (κ2) is 5.09. The van der Waals surface area contributed by atoms with E-state index in [-0.39, 0.29) is 5.82 Å². The van der Waals surface area contributed by atoms with E-state index >= 15 is 0 Å². The van der Waals surface area contributed by atoms with Gasteiger partial charge in [-0.1, -0.05) is 0 Å². The first kappa shape index (κ1) is 15.3. The number of anilines is 1. The molecule has 1 heterocycles. The van der Waals surface area contributed by atoms with Gasteiger partial charge in [0.15, 0.2) is 0 Å². The Balaban J connectivity index is 3.12. The Kier molecular flexibility index (Phi) is 4.33.